The van der Waals surface area contributed by atoms with Gasteiger partial charge in [-0.3, -0.25) is 0 Å². The smallest absolute Gasteiger partial charge is 0.138 e. The fourth-order valence-corrected chi connectivity index (χ4v) is 2.02. The normalized spacial score (nSPS) is 15.1. The number of hydrogen-bond acceptors (Lipinski definition) is 3. The quantitative estimate of drug-likeness (QED) is 0.902. The molecule has 1 fully saturated rings. The lowest BCUT2D eigenvalue weighted by atomic mass is 10.2. The van der Waals surface area contributed by atoms with E-state index in [0.29, 0.717) is 11.1 Å². The van der Waals surface area contributed by atoms with Gasteiger partial charge in [-0.15, -0.1) is 0 Å². The Balaban J connectivity index is 1.78. The van der Waals surface area contributed by atoms with Crippen molar-refractivity contribution in [2.24, 2.45) is 0 Å². The largest absolute Gasteiger partial charge is 0.310 e. The Morgan fingerprint density at radius 1 is 1.41 bits per heavy atom. The zero-order valence-electron chi connectivity index (χ0n) is 9.31. The highest BCUT2D eigenvalue weighted by molar-refractivity contribution is 6.32. The van der Waals surface area contributed by atoms with E-state index in [2.05, 4.69) is 21.5 Å². The summed E-state index contributed by atoms with van der Waals surface area (Å²) in [7, 11) is 0. The minimum absolute atomic E-state index is 0.700. The molecule has 2 aromatic rings. The van der Waals surface area contributed by atoms with Crippen molar-refractivity contribution in [2.45, 2.75) is 25.4 Å². The summed E-state index contributed by atoms with van der Waals surface area (Å²) >= 11 is 6.24. The Labute approximate surface area is 105 Å². The van der Waals surface area contributed by atoms with Crippen LogP contribution in [0.2, 0.25) is 5.02 Å². The summed E-state index contributed by atoms with van der Waals surface area (Å²) in [6, 6.07) is 6.73. The third-order valence-electron chi connectivity index (χ3n) is 2.85. The van der Waals surface area contributed by atoms with Crippen molar-refractivity contribution in [3.8, 4) is 5.69 Å². The Kier molecular flexibility index (Phi) is 2.82. The monoisotopic (exact) mass is 248 g/mol. The van der Waals surface area contributed by atoms with Gasteiger partial charge in [0.25, 0.3) is 0 Å². The average molecular weight is 249 g/mol. The Morgan fingerprint density at radius 2 is 2.29 bits per heavy atom. The lowest BCUT2D eigenvalue weighted by Gasteiger charge is -2.07. The third kappa shape index (κ3) is 2.48. The van der Waals surface area contributed by atoms with E-state index in [0.717, 1.165) is 12.2 Å². The molecule has 1 aliphatic rings. The summed E-state index contributed by atoms with van der Waals surface area (Å²) in [5.74, 6) is 0. The molecule has 4 nitrogen and oxygen atoms in total. The van der Waals surface area contributed by atoms with Crippen LogP contribution in [0.15, 0.2) is 30.9 Å². The molecule has 0 unspecified atom stereocenters. The summed E-state index contributed by atoms with van der Waals surface area (Å²) in [6.07, 6.45) is 5.73. The molecule has 5 heteroatoms. The lowest BCUT2D eigenvalue weighted by Crippen LogP contribution is -2.15. The molecule has 1 aromatic heterocycles. The fourth-order valence-electron chi connectivity index (χ4n) is 1.73. The zero-order valence-corrected chi connectivity index (χ0v) is 10.1. The van der Waals surface area contributed by atoms with Crippen LogP contribution in [0.4, 0.5) is 0 Å². The van der Waals surface area contributed by atoms with Gasteiger partial charge in [0, 0.05) is 12.6 Å². The molecule has 17 heavy (non-hydrogen) atoms. The second-order valence-electron chi connectivity index (χ2n) is 4.28. The first-order valence-electron chi connectivity index (χ1n) is 5.70. The van der Waals surface area contributed by atoms with Gasteiger partial charge in [-0.2, -0.15) is 5.10 Å². The van der Waals surface area contributed by atoms with Gasteiger partial charge in [0.1, 0.15) is 12.7 Å². The standard InChI is InChI=1S/C12H13ClN4/c13-11-5-9(6-15-10-2-3-10)1-4-12(11)17-8-14-7-16-17/h1,4-5,7-8,10,15H,2-3,6H2. The van der Waals surface area contributed by atoms with E-state index in [1.807, 2.05) is 12.1 Å². The van der Waals surface area contributed by atoms with Gasteiger partial charge in [0.2, 0.25) is 0 Å². The highest BCUT2D eigenvalue weighted by Crippen LogP contribution is 2.23. The Bertz CT molecular complexity index is 505. The molecule has 1 aliphatic carbocycles. The number of rotatable bonds is 4. The molecule has 1 N–H and O–H groups in total. The van der Waals surface area contributed by atoms with Crippen molar-refractivity contribution in [1.29, 1.82) is 0 Å². The van der Waals surface area contributed by atoms with Gasteiger partial charge < -0.3 is 5.32 Å². The topological polar surface area (TPSA) is 42.7 Å². The van der Waals surface area contributed by atoms with Crippen LogP contribution in [0.25, 0.3) is 5.69 Å². The van der Waals surface area contributed by atoms with Crippen LogP contribution in [-0.4, -0.2) is 20.8 Å². The second-order valence-corrected chi connectivity index (χ2v) is 4.69. The van der Waals surface area contributed by atoms with Crippen molar-refractivity contribution >= 4 is 11.6 Å². The van der Waals surface area contributed by atoms with E-state index < -0.39 is 0 Å². The maximum Gasteiger partial charge on any atom is 0.138 e. The molecule has 0 spiro atoms. The van der Waals surface area contributed by atoms with Crippen LogP contribution in [0.1, 0.15) is 18.4 Å². The van der Waals surface area contributed by atoms with Crippen molar-refractivity contribution in [3.63, 3.8) is 0 Å². The number of benzene rings is 1. The highest BCUT2D eigenvalue weighted by atomic mass is 35.5. The molecule has 0 aliphatic heterocycles. The van der Waals surface area contributed by atoms with Gasteiger partial charge in [0.05, 0.1) is 10.7 Å². The van der Waals surface area contributed by atoms with Gasteiger partial charge in [0.15, 0.2) is 0 Å². The maximum atomic E-state index is 6.24. The minimum atomic E-state index is 0.700. The summed E-state index contributed by atoms with van der Waals surface area (Å²) in [5.41, 5.74) is 2.06. The molecule has 0 amide bonds. The lowest BCUT2D eigenvalue weighted by molar-refractivity contribution is 0.687. The van der Waals surface area contributed by atoms with E-state index in [-0.39, 0.29) is 0 Å². The van der Waals surface area contributed by atoms with Crippen LogP contribution in [0, 0.1) is 0 Å². The number of halogens is 1. The molecule has 1 aromatic carbocycles. The molecular formula is C12H13ClN4. The van der Waals surface area contributed by atoms with E-state index in [1.54, 1.807) is 11.0 Å². The molecule has 3 rings (SSSR count). The number of hydrogen-bond donors (Lipinski definition) is 1. The predicted octanol–water partition coefficient (Wildman–Crippen LogP) is 2.17. The molecule has 1 saturated carbocycles. The summed E-state index contributed by atoms with van der Waals surface area (Å²) in [5, 5.41) is 8.23. The molecule has 88 valence electrons. The van der Waals surface area contributed by atoms with E-state index in [4.69, 9.17) is 11.6 Å². The van der Waals surface area contributed by atoms with Crippen LogP contribution < -0.4 is 5.32 Å². The first kappa shape index (κ1) is 10.7. The predicted molar refractivity (Wildman–Crippen MR) is 66.2 cm³/mol. The first-order chi connectivity index (χ1) is 8.33. The van der Waals surface area contributed by atoms with Crippen molar-refractivity contribution in [1.82, 2.24) is 20.1 Å². The van der Waals surface area contributed by atoms with Crippen molar-refractivity contribution < 1.29 is 0 Å². The van der Waals surface area contributed by atoms with E-state index >= 15 is 0 Å². The van der Waals surface area contributed by atoms with E-state index in [1.165, 1.54) is 24.7 Å². The van der Waals surface area contributed by atoms with E-state index in [9.17, 15) is 0 Å². The van der Waals surface area contributed by atoms with Gasteiger partial charge >= 0.3 is 0 Å². The number of nitrogens with one attached hydrogen (secondary N) is 1. The summed E-state index contributed by atoms with van der Waals surface area (Å²) in [4.78, 5) is 3.91. The molecule has 0 saturated heterocycles. The number of aromatic nitrogens is 3. The van der Waals surface area contributed by atoms with Crippen molar-refractivity contribution in [2.75, 3.05) is 0 Å². The summed E-state index contributed by atoms with van der Waals surface area (Å²) in [6.45, 7) is 0.877. The average Bonchev–Trinajstić information content (AvgIpc) is 3.01. The SMILES string of the molecule is Clc1cc(CNC2CC2)ccc1-n1cncn1. The Hall–Kier alpha value is -1.39. The number of nitrogens with zero attached hydrogens (tertiary/aromatic N) is 3. The van der Waals surface area contributed by atoms with Crippen LogP contribution in [0.5, 0.6) is 0 Å². The molecule has 0 radical (unpaired) electrons. The van der Waals surface area contributed by atoms with Crippen LogP contribution >= 0.6 is 11.6 Å². The Morgan fingerprint density at radius 3 is 2.94 bits per heavy atom. The molecule has 0 atom stereocenters. The van der Waals surface area contributed by atoms with Crippen LogP contribution in [-0.2, 0) is 6.54 Å². The molecule has 0 bridgehead atoms. The minimum Gasteiger partial charge on any atom is -0.310 e. The zero-order chi connectivity index (χ0) is 11.7. The van der Waals surface area contributed by atoms with Gasteiger partial charge in [-0.25, -0.2) is 9.67 Å². The molecular weight excluding hydrogens is 236 g/mol. The second kappa shape index (κ2) is 4.47. The maximum absolute atomic E-state index is 6.24. The molecule has 1 heterocycles. The van der Waals surface area contributed by atoms with Gasteiger partial charge in [-0.1, -0.05) is 17.7 Å². The first-order valence-corrected chi connectivity index (χ1v) is 6.07. The third-order valence-corrected chi connectivity index (χ3v) is 3.15. The van der Waals surface area contributed by atoms with Gasteiger partial charge in [-0.05, 0) is 30.5 Å². The summed E-state index contributed by atoms with van der Waals surface area (Å²) < 4.78 is 1.67. The van der Waals surface area contributed by atoms with Crippen molar-refractivity contribution in [3.05, 3.63) is 41.4 Å². The highest BCUT2D eigenvalue weighted by Gasteiger charge is 2.20. The fraction of sp³-hybridized carbons (Fsp3) is 0.333. The van der Waals surface area contributed by atoms with Crippen LogP contribution in [0.3, 0.4) is 0 Å².